The zero-order chi connectivity index (χ0) is 6.57. The maximum atomic E-state index is 5.18. The predicted molar refractivity (Wildman–Crippen MR) is 38.7 cm³/mol. The fourth-order valence-electron chi connectivity index (χ4n) is 0.326. The number of hydrogen-bond acceptors (Lipinski definition) is 2. The van der Waals surface area contributed by atoms with Crippen LogP contribution in [-0.4, -0.2) is 23.4 Å². The first-order valence-corrected chi connectivity index (χ1v) is 2.66. The van der Waals surface area contributed by atoms with E-state index in [1.54, 1.807) is 0 Å². The zero-order valence-electron chi connectivity index (χ0n) is 4.79. The van der Waals surface area contributed by atoms with E-state index in [1.807, 2.05) is 6.92 Å². The van der Waals surface area contributed by atoms with Gasteiger partial charge in [-0.1, -0.05) is 0 Å². The lowest BCUT2D eigenvalue weighted by Gasteiger charge is -2.11. The monoisotopic (exact) mass is 131 g/mol. The van der Waals surface area contributed by atoms with Gasteiger partial charge in [-0.15, -0.1) is 0 Å². The molecule has 0 atom stereocenters. The second-order valence-electron chi connectivity index (χ2n) is 1.20. The van der Waals surface area contributed by atoms with E-state index < -0.39 is 0 Å². The summed E-state index contributed by atoms with van der Waals surface area (Å²) < 4.78 is 0. The highest BCUT2D eigenvalue weighted by Crippen LogP contribution is 1.84. The Labute approximate surface area is 54.2 Å². The quantitative estimate of drug-likeness (QED) is 0.330. The maximum absolute atomic E-state index is 5.18. The topological polar surface area (TPSA) is 41.6 Å². The molecule has 0 amide bonds. The van der Waals surface area contributed by atoms with Crippen molar-refractivity contribution < 1.29 is 0 Å². The molecule has 0 saturated heterocycles. The molecule has 0 saturated carbocycles. The van der Waals surface area contributed by atoms with E-state index in [0.29, 0.717) is 6.54 Å². The molecule has 0 spiro atoms. The number of hydrogen-bond donors (Lipinski definition) is 1. The van der Waals surface area contributed by atoms with E-state index >= 15 is 0 Å². The first kappa shape index (κ1) is 7.36. The molecular formula is C4H9N3S. The Hall–Kier alpha value is -0.640. The van der Waals surface area contributed by atoms with E-state index in [9.17, 15) is 0 Å². The smallest absolute Gasteiger partial charge is 0.186 e. The minimum absolute atomic E-state index is 0.266. The molecule has 0 aliphatic carbocycles. The molecular weight excluding hydrogens is 122 g/mol. The molecule has 0 aromatic carbocycles. The number of nitrogens with zero attached hydrogens (tertiary/aromatic N) is 2. The van der Waals surface area contributed by atoms with Crippen LogP contribution >= 0.6 is 12.2 Å². The number of thiocarbonyl (C=S) groups is 1. The second kappa shape index (κ2) is 3.37. The van der Waals surface area contributed by atoms with Crippen molar-refractivity contribution in [2.24, 2.45) is 10.8 Å². The number of nitrogens with two attached hydrogens (primary N) is 1. The van der Waals surface area contributed by atoms with Gasteiger partial charge in [-0.3, -0.25) is 0 Å². The third-order valence-corrected chi connectivity index (χ3v) is 0.935. The van der Waals surface area contributed by atoms with Crippen LogP contribution in [0.15, 0.2) is 5.10 Å². The molecule has 0 rings (SSSR count). The van der Waals surface area contributed by atoms with Gasteiger partial charge < -0.3 is 5.73 Å². The van der Waals surface area contributed by atoms with E-state index in [-0.39, 0.29) is 5.11 Å². The molecule has 0 aliphatic heterocycles. The van der Waals surface area contributed by atoms with Gasteiger partial charge in [-0.2, -0.15) is 5.10 Å². The Kier molecular flexibility index (Phi) is 3.10. The summed E-state index contributed by atoms with van der Waals surface area (Å²) in [6.45, 7) is 5.84. The van der Waals surface area contributed by atoms with E-state index in [4.69, 9.17) is 5.73 Å². The Bertz CT molecular complexity index is 101. The van der Waals surface area contributed by atoms with Gasteiger partial charge in [-0.25, -0.2) is 5.01 Å². The van der Waals surface area contributed by atoms with Crippen molar-refractivity contribution in [2.45, 2.75) is 6.92 Å². The number of rotatable bonds is 2. The fourth-order valence-corrected chi connectivity index (χ4v) is 0.512. The van der Waals surface area contributed by atoms with Crippen molar-refractivity contribution in [3.8, 4) is 0 Å². The molecule has 46 valence electrons. The van der Waals surface area contributed by atoms with Crippen LogP contribution in [0, 0.1) is 0 Å². The first-order chi connectivity index (χ1) is 3.72. The summed E-state index contributed by atoms with van der Waals surface area (Å²) in [5.41, 5.74) is 5.18. The van der Waals surface area contributed by atoms with Crippen LogP contribution in [0.3, 0.4) is 0 Å². The minimum atomic E-state index is 0.266. The SMILES string of the molecule is C=NN(CC)C(N)=S. The first-order valence-electron chi connectivity index (χ1n) is 2.26. The minimum Gasteiger partial charge on any atom is -0.375 e. The van der Waals surface area contributed by atoms with Gasteiger partial charge in [0.15, 0.2) is 5.11 Å². The van der Waals surface area contributed by atoms with E-state index in [0.717, 1.165) is 0 Å². The summed E-state index contributed by atoms with van der Waals surface area (Å²) in [6, 6.07) is 0. The van der Waals surface area contributed by atoms with Crippen molar-refractivity contribution in [1.29, 1.82) is 0 Å². The lowest BCUT2D eigenvalue weighted by molar-refractivity contribution is 0.479. The lowest BCUT2D eigenvalue weighted by Crippen LogP contribution is -2.30. The Morgan fingerprint density at radius 2 is 2.50 bits per heavy atom. The van der Waals surface area contributed by atoms with Crippen LogP contribution < -0.4 is 5.73 Å². The van der Waals surface area contributed by atoms with Crippen LogP contribution in [0.4, 0.5) is 0 Å². The number of hydrazone groups is 1. The van der Waals surface area contributed by atoms with Crippen molar-refractivity contribution in [3.63, 3.8) is 0 Å². The third kappa shape index (κ3) is 1.88. The van der Waals surface area contributed by atoms with Gasteiger partial charge in [0.2, 0.25) is 0 Å². The van der Waals surface area contributed by atoms with E-state index in [2.05, 4.69) is 24.0 Å². The predicted octanol–water partition coefficient (Wildman–Crippen LogP) is 0.168. The molecule has 0 fully saturated rings. The van der Waals surface area contributed by atoms with Gasteiger partial charge in [0, 0.05) is 13.3 Å². The van der Waals surface area contributed by atoms with Crippen molar-refractivity contribution >= 4 is 24.0 Å². The molecule has 4 heteroatoms. The molecule has 0 aromatic rings. The van der Waals surface area contributed by atoms with Crippen molar-refractivity contribution in [1.82, 2.24) is 5.01 Å². The highest BCUT2D eigenvalue weighted by molar-refractivity contribution is 7.80. The molecule has 0 aromatic heterocycles. The van der Waals surface area contributed by atoms with Gasteiger partial charge in [-0.05, 0) is 19.1 Å². The standard InChI is InChI=1S/C4H9N3S/c1-3-7(6-2)4(5)8/h2-3H2,1H3,(H2,5,8). The third-order valence-electron chi connectivity index (χ3n) is 0.725. The molecule has 2 N–H and O–H groups in total. The highest BCUT2D eigenvalue weighted by atomic mass is 32.1. The summed E-state index contributed by atoms with van der Waals surface area (Å²) in [5.74, 6) is 0. The summed E-state index contributed by atoms with van der Waals surface area (Å²) in [6.07, 6.45) is 0. The van der Waals surface area contributed by atoms with Gasteiger partial charge in [0.1, 0.15) is 0 Å². The molecule has 0 aliphatic rings. The Morgan fingerprint density at radius 3 is 2.50 bits per heavy atom. The van der Waals surface area contributed by atoms with Crippen molar-refractivity contribution in [2.75, 3.05) is 6.54 Å². The van der Waals surface area contributed by atoms with Crippen LogP contribution in [0.2, 0.25) is 0 Å². The molecule has 0 bridgehead atoms. The largest absolute Gasteiger partial charge is 0.375 e. The summed E-state index contributed by atoms with van der Waals surface area (Å²) in [5, 5.41) is 5.23. The average Bonchev–Trinajstić information content (AvgIpc) is 1.69. The summed E-state index contributed by atoms with van der Waals surface area (Å²) in [4.78, 5) is 0. The highest BCUT2D eigenvalue weighted by Gasteiger charge is 1.95. The normalized spacial score (nSPS) is 8.12. The Balaban J connectivity index is 3.69. The molecule has 8 heavy (non-hydrogen) atoms. The maximum Gasteiger partial charge on any atom is 0.186 e. The molecule has 0 heterocycles. The summed E-state index contributed by atoms with van der Waals surface area (Å²) >= 11 is 4.59. The molecule has 3 nitrogen and oxygen atoms in total. The molecule has 0 radical (unpaired) electrons. The van der Waals surface area contributed by atoms with Crippen molar-refractivity contribution in [3.05, 3.63) is 0 Å². The summed E-state index contributed by atoms with van der Waals surface area (Å²) in [7, 11) is 0. The van der Waals surface area contributed by atoms with Crippen LogP contribution in [0.25, 0.3) is 0 Å². The van der Waals surface area contributed by atoms with Gasteiger partial charge in [0.05, 0.1) is 0 Å². The van der Waals surface area contributed by atoms with E-state index in [1.165, 1.54) is 5.01 Å². The zero-order valence-corrected chi connectivity index (χ0v) is 5.61. The average molecular weight is 131 g/mol. The van der Waals surface area contributed by atoms with Crippen LogP contribution in [0.1, 0.15) is 6.92 Å². The van der Waals surface area contributed by atoms with Crippen LogP contribution in [0.5, 0.6) is 0 Å². The second-order valence-corrected chi connectivity index (χ2v) is 1.61. The van der Waals surface area contributed by atoms with Gasteiger partial charge in [0.25, 0.3) is 0 Å². The van der Waals surface area contributed by atoms with Crippen LogP contribution in [-0.2, 0) is 0 Å². The molecule has 0 unspecified atom stereocenters. The fraction of sp³-hybridized carbons (Fsp3) is 0.500. The lowest BCUT2D eigenvalue weighted by atomic mass is 10.7. The Morgan fingerprint density at radius 1 is 2.00 bits per heavy atom. The van der Waals surface area contributed by atoms with Gasteiger partial charge >= 0.3 is 0 Å².